The number of benzene rings is 1. The predicted octanol–water partition coefficient (Wildman–Crippen LogP) is 2.27. The van der Waals surface area contributed by atoms with Gasteiger partial charge in [0.2, 0.25) is 5.82 Å². The fourth-order valence-electron chi connectivity index (χ4n) is 1.96. The monoisotopic (exact) mass is 295 g/mol. The number of aromatic nitrogens is 5. The Hall–Kier alpha value is -3.21. The van der Waals surface area contributed by atoms with Crippen LogP contribution in [0.3, 0.4) is 0 Å². The van der Waals surface area contributed by atoms with E-state index in [1.807, 2.05) is 24.3 Å². The van der Waals surface area contributed by atoms with Crippen LogP contribution in [0.15, 0.2) is 28.8 Å². The van der Waals surface area contributed by atoms with Crippen LogP contribution in [0.25, 0.3) is 16.7 Å². The summed E-state index contributed by atoms with van der Waals surface area (Å²) in [6.07, 6.45) is 3.32. The van der Waals surface area contributed by atoms with Crippen molar-refractivity contribution in [3.63, 3.8) is 0 Å². The fraction of sp³-hybridized carbons (Fsp3) is 0.214. The highest BCUT2D eigenvalue weighted by atomic mass is 16.3. The summed E-state index contributed by atoms with van der Waals surface area (Å²) in [5.74, 6) is 0.968. The van der Waals surface area contributed by atoms with Gasteiger partial charge in [-0.1, -0.05) is 6.92 Å². The Bertz CT molecular complexity index is 842. The molecule has 0 bridgehead atoms. The molecule has 3 rings (SSSR count). The molecule has 0 aliphatic heterocycles. The molecule has 3 aromatic rings. The summed E-state index contributed by atoms with van der Waals surface area (Å²) in [5, 5.41) is 25.4. The second kappa shape index (κ2) is 6.05. The lowest BCUT2D eigenvalue weighted by atomic mass is 10.2. The molecule has 0 atom stereocenters. The average Bonchev–Trinajstić information content (AvgIpc) is 3.17. The van der Waals surface area contributed by atoms with E-state index in [1.54, 1.807) is 0 Å². The summed E-state index contributed by atoms with van der Waals surface area (Å²) in [6.45, 7) is 2.08. The van der Waals surface area contributed by atoms with Crippen molar-refractivity contribution in [2.45, 2.75) is 19.8 Å². The standard InChI is InChI=1S/C14H13N7O/c1-2-3-13-17-11-5-4-10(6-12(11)22-13)16-8-9(7-15)14-18-20-21-19-14/h4-6,8,16H,2-3H2,1H3,(H,18,19,20,21). The van der Waals surface area contributed by atoms with Crippen LogP contribution in [0.4, 0.5) is 5.69 Å². The van der Waals surface area contributed by atoms with Crippen LogP contribution in [-0.2, 0) is 6.42 Å². The number of fused-ring (bicyclic) bond motifs is 1. The maximum absolute atomic E-state index is 9.10. The first kappa shape index (κ1) is 13.8. The van der Waals surface area contributed by atoms with Gasteiger partial charge in [0.05, 0.1) is 0 Å². The van der Waals surface area contributed by atoms with Gasteiger partial charge >= 0.3 is 0 Å². The van der Waals surface area contributed by atoms with Gasteiger partial charge in [0.25, 0.3) is 0 Å². The summed E-state index contributed by atoms with van der Waals surface area (Å²) in [4.78, 5) is 4.40. The van der Waals surface area contributed by atoms with Gasteiger partial charge < -0.3 is 9.73 Å². The van der Waals surface area contributed by atoms with Crippen molar-refractivity contribution in [2.24, 2.45) is 0 Å². The number of nitriles is 1. The number of nitrogens with zero attached hydrogens (tertiary/aromatic N) is 5. The largest absolute Gasteiger partial charge is 0.441 e. The van der Waals surface area contributed by atoms with Gasteiger partial charge in [0.1, 0.15) is 17.2 Å². The molecule has 0 aliphatic rings. The third-order valence-corrected chi connectivity index (χ3v) is 2.99. The first-order chi connectivity index (χ1) is 10.8. The highest BCUT2D eigenvalue weighted by Crippen LogP contribution is 2.21. The van der Waals surface area contributed by atoms with Crippen molar-refractivity contribution in [3.8, 4) is 6.07 Å². The summed E-state index contributed by atoms with van der Waals surface area (Å²) in [6, 6.07) is 7.58. The maximum Gasteiger partial charge on any atom is 0.216 e. The lowest BCUT2D eigenvalue weighted by Crippen LogP contribution is -1.92. The summed E-state index contributed by atoms with van der Waals surface area (Å²) in [7, 11) is 0. The normalized spacial score (nSPS) is 11.5. The molecular formula is C14H13N7O. The second-order valence-corrected chi connectivity index (χ2v) is 4.59. The third kappa shape index (κ3) is 2.78. The maximum atomic E-state index is 9.10. The van der Waals surface area contributed by atoms with Gasteiger partial charge in [0, 0.05) is 24.4 Å². The van der Waals surface area contributed by atoms with E-state index in [9.17, 15) is 0 Å². The molecule has 0 aliphatic carbocycles. The Morgan fingerprint density at radius 3 is 3.14 bits per heavy atom. The van der Waals surface area contributed by atoms with Crippen LogP contribution in [0, 0.1) is 11.3 Å². The number of anilines is 1. The number of rotatable bonds is 5. The topological polar surface area (TPSA) is 116 Å². The average molecular weight is 295 g/mol. The highest BCUT2D eigenvalue weighted by Gasteiger charge is 2.07. The Kier molecular flexibility index (Phi) is 3.78. The molecule has 0 spiro atoms. The lowest BCUT2D eigenvalue weighted by Gasteiger charge is -2.00. The van der Waals surface area contributed by atoms with Crippen LogP contribution in [0.1, 0.15) is 25.1 Å². The first-order valence-corrected chi connectivity index (χ1v) is 6.80. The zero-order valence-corrected chi connectivity index (χ0v) is 11.9. The van der Waals surface area contributed by atoms with Crippen molar-refractivity contribution in [3.05, 3.63) is 36.1 Å². The molecular weight excluding hydrogens is 282 g/mol. The van der Waals surface area contributed by atoms with Gasteiger partial charge in [-0.3, -0.25) is 0 Å². The molecule has 2 heterocycles. The van der Waals surface area contributed by atoms with Crippen LogP contribution in [-0.4, -0.2) is 25.6 Å². The molecule has 0 radical (unpaired) electrons. The summed E-state index contributed by atoms with van der Waals surface area (Å²) < 4.78 is 5.68. The summed E-state index contributed by atoms with van der Waals surface area (Å²) in [5.41, 5.74) is 2.58. The second-order valence-electron chi connectivity index (χ2n) is 4.59. The zero-order chi connectivity index (χ0) is 15.4. The van der Waals surface area contributed by atoms with E-state index in [4.69, 9.17) is 9.68 Å². The molecule has 2 aromatic heterocycles. The van der Waals surface area contributed by atoms with Gasteiger partial charge in [0.15, 0.2) is 11.5 Å². The number of oxazole rings is 1. The van der Waals surface area contributed by atoms with E-state index in [2.05, 4.69) is 37.8 Å². The Morgan fingerprint density at radius 2 is 2.41 bits per heavy atom. The van der Waals surface area contributed by atoms with Crippen LogP contribution < -0.4 is 5.32 Å². The van der Waals surface area contributed by atoms with Crippen molar-refractivity contribution >= 4 is 22.4 Å². The number of allylic oxidation sites excluding steroid dienone is 1. The number of tetrazole rings is 1. The van der Waals surface area contributed by atoms with E-state index in [1.165, 1.54) is 6.20 Å². The van der Waals surface area contributed by atoms with E-state index in [0.717, 1.165) is 29.9 Å². The van der Waals surface area contributed by atoms with Crippen molar-refractivity contribution in [1.82, 2.24) is 25.6 Å². The molecule has 8 nitrogen and oxygen atoms in total. The molecule has 110 valence electrons. The number of H-pyrrole nitrogens is 1. The molecule has 22 heavy (non-hydrogen) atoms. The van der Waals surface area contributed by atoms with E-state index < -0.39 is 0 Å². The Balaban J connectivity index is 1.83. The molecule has 2 N–H and O–H groups in total. The molecule has 1 aromatic carbocycles. The third-order valence-electron chi connectivity index (χ3n) is 2.99. The fourth-order valence-corrected chi connectivity index (χ4v) is 1.96. The van der Waals surface area contributed by atoms with Gasteiger partial charge in [-0.05, 0) is 23.8 Å². The molecule has 0 saturated carbocycles. The SMILES string of the molecule is CCCc1nc2ccc(NC=C(C#N)c3nn[nH]n3)cc2o1. The minimum absolute atomic E-state index is 0.237. The minimum atomic E-state index is 0.237. The van der Waals surface area contributed by atoms with Crippen LogP contribution in [0.2, 0.25) is 0 Å². The van der Waals surface area contributed by atoms with Crippen molar-refractivity contribution in [2.75, 3.05) is 5.32 Å². The van der Waals surface area contributed by atoms with Gasteiger partial charge in [-0.15, -0.1) is 10.2 Å². The van der Waals surface area contributed by atoms with Gasteiger partial charge in [-0.25, -0.2) is 4.98 Å². The first-order valence-electron chi connectivity index (χ1n) is 6.80. The number of nitrogens with one attached hydrogen (secondary N) is 2. The molecule has 8 heteroatoms. The summed E-state index contributed by atoms with van der Waals surface area (Å²) >= 11 is 0. The Morgan fingerprint density at radius 1 is 1.50 bits per heavy atom. The highest BCUT2D eigenvalue weighted by molar-refractivity contribution is 5.79. The number of hydrogen-bond acceptors (Lipinski definition) is 7. The van der Waals surface area contributed by atoms with Crippen LogP contribution in [0.5, 0.6) is 0 Å². The molecule has 0 amide bonds. The van der Waals surface area contributed by atoms with Gasteiger partial charge in [-0.2, -0.15) is 10.5 Å². The number of hydrogen-bond donors (Lipinski definition) is 2. The predicted molar refractivity (Wildman–Crippen MR) is 79.4 cm³/mol. The number of aromatic amines is 1. The van der Waals surface area contributed by atoms with Crippen LogP contribution >= 0.6 is 0 Å². The zero-order valence-electron chi connectivity index (χ0n) is 11.9. The van der Waals surface area contributed by atoms with Crippen molar-refractivity contribution in [1.29, 1.82) is 5.26 Å². The van der Waals surface area contributed by atoms with E-state index in [0.29, 0.717) is 5.58 Å². The van der Waals surface area contributed by atoms with E-state index in [-0.39, 0.29) is 11.4 Å². The minimum Gasteiger partial charge on any atom is -0.441 e. The molecule has 0 fully saturated rings. The molecule has 0 saturated heterocycles. The smallest absolute Gasteiger partial charge is 0.216 e. The Labute approximate surface area is 125 Å². The quantitative estimate of drug-likeness (QED) is 0.693. The number of aryl methyl sites for hydroxylation is 1. The van der Waals surface area contributed by atoms with Crippen molar-refractivity contribution < 1.29 is 4.42 Å². The lowest BCUT2D eigenvalue weighted by molar-refractivity contribution is 0.525. The van der Waals surface area contributed by atoms with E-state index >= 15 is 0 Å². The molecule has 0 unspecified atom stereocenters.